The van der Waals surface area contributed by atoms with Crippen molar-refractivity contribution in [2.24, 2.45) is 10.9 Å². The van der Waals surface area contributed by atoms with Crippen LogP contribution in [0.1, 0.15) is 12.8 Å². The first kappa shape index (κ1) is 19.6. The number of halogens is 1. The molecular weight excluding hydrogens is 389 g/mol. The first-order chi connectivity index (χ1) is 14.6. The van der Waals surface area contributed by atoms with Gasteiger partial charge < -0.3 is 24.9 Å². The summed E-state index contributed by atoms with van der Waals surface area (Å²) in [4.78, 5) is 12.6. The maximum Gasteiger partial charge on any atom is 0.229 e. The van der Waals surface area contributed by atoms with Crippen molar-refractivity contribution in [3.8, 4) is 11.5 Å². The van der Waals surface area contributed by atoms with Gasteiger partial charge in [-0.3, -0.25) is 0 Å². The predicted octanol–water partition coefficient (Wildman–Crippen LogP) is 4.31. The van der Waals surface area contributed by atoms with Crippen molar-refractivity contribution in [3.63, 3.8) is 0 Å². The third-order valence-corrected chi connectivity index (χ3v) is 4.75. The number of anilines is 2. The highest BCUT2D eigenvalue weighted by Gasteiger charge is 2.28. The number of allylic oxidation sites excluding steroid dienone is 3. The van der Waals surface area contributed by atoms with E-state index in [0.717, 1.165) is 17.7 Å². The molecule has 0 radical (unpaired) electrons. The van der Waals surface area contributed by atoms with E-state index in [9.17, 15) is 4.39 Å². The molecule has 0 fully saturated rings. The van der Waals surface area contributed by atoms with Gasteiger partial charge in [0.15, 0.2) is 11.6 Å². The van der Waals surface area contributed by atoms with Gasteiger partial charge in [0.1, 0.15) is 17.3 Å². The monoisotopic (exact) mass is 409 g/mol. The van der Waals surface area contributed by atoms with E-state index in [2.05, 4.69) is 20.3 Å². The zero-order valence-electron chi connectivity index (χ0n) is 16.5. The van der Waals surface area contributed by atoms with E-state index in [1.54, 1.807) is 38.5 Å². The minimum Gasteiger partial charge on any atom is -0.497 e. The van der Waals surface area contributed by atoms with Crippen LogP contribution in [0.2, 0.25) is 0 Å². The zero-order valence-corrected chi connectivity index (χ0v) is 16.5. The largest absolute Gasteiger partial charge is 0.497 e. The van der Waals surface area contributed by atoms with Crippen LogP contribution in [-0.2, 0) is 4.74 Å². The molecule has 8 nitrogen and oxygen atoms in total. The van der Waals surface area contributed by atoms with Crippen molar-refractivity contribution in [1.82, 2.24) is 9.97 Å². The first-order valence-electron chi connectivity index (χ1n) is 9.26. The Hall–Kier alpha value is -3.75. The van der Waals surface area contributed by atoms with Crippen molar-refractivity contribution in [1.29, 1.82) is 5.41 Å². The third-order valence-electron chi connectivity index (χ3n) is 4.75. The van der Waals surface area contributed by atoms with E-state index in [4.69, 9.17) is 19.6 Å². The normalized spacial score (nSPS) is 19.0. The molecule has 9 heteroatoms. The molecule has 2 N–H and O–H groups in total. The Kier molecular flexibility index (Phi) is 5.42. The van der Waals surface area contributed by atoms with Gasteiger partial charge in [-0.05, 0) is 12.2 Å². The summed E-state index contributed by atoms with van der Waals surface area (Å²) in [6, 6.07) is 5.23. The van der Waals surface area contributed by atoms with Crippen molar-refractivity contribution >= 4 is 28.9 Å². The summed E-state index contributed by atoms with van der Waals surface area (Å²) in [6.45, 7) is 0. The standard InChI is InChI=1S/C21H20FN5O3/c1-28-14-7-13(8-15(10-14)29-2)26-21-24-11-17(22)20(27-21)25-12-3-4-19-16(9-12)18(23)5-6-30-19/h4-8,10-11,16,23H,3,9H2,1-2H3,(H,24,26,27). The predicted molar refractivity (Wildman–Crippen MR) is 111 cm³/mol. The van der Waals surface area contributed by atoms with Crippen molar-refractivity contribution in [3.05, 3.63) is 54.4 Å². The first-order valence-corrected chi connectivity index (χ1v) is 9.26. The van der Waals surface area contributed by atoms with Gasteiger partial charge in [-0.1, -0.05) is 0 Å². The highest BCUT2D eigenvalue weighted by atomic mass is 19.1. The van der Waals surface area contributed by atoms with Gasteiger partial charge in [0.05, 0.1) is 32.6 Å². The minimum atomic E-state index is -0.624. The maximum atomic E-state index is 14.3. The zero-order chi connectivity index (χ0) is 21.1. The molecule has 1 aliphatic carbocycles. The summed E-state index contributed by atoms with van der Waals surface area (Å²) in [5.74, 6) is 1.22. The lowest BCUT2D eigenvalue weighted by Crippen LogP contribution is -2.25. The second kappa shape index (κ2) is 8.32. The Bertz CT molecular complexity index is 1060. The van der Waals surface area contributed by atoms with Crippen LogP contribution < -0.4 is 14.8 Å². The van der Waals surface area contributed by atoms with Gasteiger partial charge >= 0.3 is 0 Å². The Morgan fingerprint density at radius 3 is 2.73 bits per heavy atom. The topological polar surface area (TPSA) is 102 Å². The van der Waals surface area contributed by atoms with Crippen LogP contribution in [0.4, 0.5) is 21.8 Å². The number of hydrogen-bond donors (Lipinski definition) is 2. The lowest BCUT2D eigenvalue weighted by atomic mass is 9.87. The van der Waals surface area contributed by atoms with Crippen LogP contribution in [0.3, 0.4) is 0 Å². The molecule has 4 rings (SSSR count). The molecule has 0 saturated carbocycles. The van der Waals surface area contributed by atoms with Crippen LogP contribution in [0.15, 0.2) is 53.6 Å². The average molecular weight is 409 g/mol. The van der Waals surface area contributed by atoms with Crippen molar-refractivity contribution < 1.29 is 18.6 Å². The smallest absolute Gasteiger partial charge is 0.229 e. The van der Waals surface area contributed by atoms with Crippen LogP contribution in [0.25, 0.3) is 0 Å². The molecule has 0 amide bonds. The third kappa shape index (κ3) is 4.14. The number of rotatable bonds is 5. The molecule has 154 valence electrons. The molecule has 2 heterocycles. The number of nitrogens with zero attached hydrogens (tertiary/aromatic N) is 3. The number of ether oxygens (including phenoxy) is 3. The lowest BCUT2D eigenvalue weighted by Gasteiger charge is -2.26. The molecule has 0 bridgehead atoms. The molecule has 0 saturated heterocycles. The lowest BCUT2D eigenvalue weighted by molar-refractivity contribution is 0.304. The Morgan fingerprint density at radius 2 is 2.00 bits per heavy atom. The fourth-order valence-electron chi connectivity index (χ4n) is 3.22. The van der Waals surface area contributed by atoms with Crippen LogP contribution in [0.5, 0.6) is 11.5 Å². The van der Waals surface area contributed by atoms with Gasteiger partial charge in [0.25, 0.3) is 0 Å². The van der Waals surface area contributed by atoms with Crippen molar-refractivity contribution in [2.45, 2.75) is 12.8 Å². The van der Waals surface area contributed by atoms with Crippen LogP contribution in [-0.4, -0.2) is 35.6 Å². The Labute approximate surface area is 172 Å². The van der Waals surface area contributed by atoms with Gasteiger partial charge in [0.2, 0.25) is 5.95 Å². The molecule has 1 unspecified atom stereocenters. The number of methoxy groups -OCH3 is 2. The summed E-state index contributed by atoms with van der Waals surface area (Å²) in [7, 11) is 3.11. The molecule has 30 heavy (non-hydrogen) atoms. The summed E-state index contributed by atoms with van der Waals surface area (Å²) in [6.07, 6.45) is 7.04. The van der Waals surface area contributed by atoms with E-state index in [1.165, 1.54) is 6.26 Å². The molecule has 1 atom stereocenters. The molecule has 0 spiro atoms. The minimum absolute atomic E-state index is 0.0620. The quantitative estimate of drug-likeness (QED) is 0.763. The van der Waals surface area contributed by atoms with E-state index in [0.29, 0.717) is 35.7 Å². The number of aromatic nitrogens is 2. The number of benzene rings is 1. The van der Waals surface area contributed by atoms with Crippen LogP contribution in [0, 0.1) is 17.1 Å². The SMILES string of the molecule is COc1cc(Nc2ncc(F)c(N=C3CC=C4OC=CC(=N)C4C3)n2)cc(OC)c1. The number of hydrogen-bond acceptors (Lipinski definition) is 8. The molecular formula is C21H20FN5O3. The fraction of sp³-hybridized carbons (Fsp3) is 0.238. The molecule has 1 aliphatic heterocycles. The Balaban J connectivity index is 1.58. The number of aliphatic imine (C=N–C) groups is 1. The van der Waals surface area contributed by atoms with E-state index >= 15 is 0 Å². The highest BCUT2D eigenvalue weighted by molar-refractivity contribution is 6.02. The molecule has 2 aliphatic rings. The average Bonchev–Trinajstić information content (AvgIpc) is 2.76. The molecule has 1 aromatic carbocycles. The second-order valence-electron chi connectivity index (χ2n) is 6.71. The molecule has 2 aromatic rings. The molecule has 1 aromatic heterocycles. The second-order valence-corrected chi connectivity index (χ2v) is 6.71. The van der Waals surface area contributed by atoms with Gasteiger partial charge in [-0.2, -0.15) is 4.98 Å². The van der Waals surface area contributed by atoms with Crippen LogP contribution >= 0.6 is 0 Å². The van der Waals surface area contributed by atoms with E-state index in [1.807, 2.05) is 6.08 Å². The maximum absolute atomic E-state index is 14.3. The summed E-state index contributed by atoms with van der Waals surface area (Å²) < 4.78 is 30.3. The van der Waals surface area contributed by atoms with Gasteiger partial charge in [-0.25, -0.2) is 14.4 Å². The summed E-state index contributed by atoms with van der Waals surface area (Å²) in [5.41, 5.74) is 1.79. The van der Waals surface area contributed by atoms with Gasteiger partial charge in [0, 0.05) is 48.2 Å². The Morgan fingerprint density at radius 1 is 1.23 bits per heavy atom. The summed E-state index contributed by atoms with van der Waals surface area (Å²) >= 11 is 0. The van der Waals surface area contributed by atoms with Crippen molar-refractivity contribution in [2.75, 3.05) is 19.5 Å². The highest BCUT2D eigenvalue weighted by Crippen LogP contribution is 2.31. The number of fused-ring (bicyclic) bond motifs is 1. The van der Waals surface area contributed by atoms with Gasteiger partial charge in [-0.15, -0.1) is 0 Å². The van der Waals surface area contributed by atoms with E-state index in [-0.39, 0.29) is 17.7 Å². The fourth-order valence-corrected chi connectivity index (χ4v) is 3.22. The summed E-state index contributed by atoms with van der Waals surface area (Å²) in [5, 5.41) is 11.1. The van der Waals surface area contributed by atoms with E-state index < -0.39 is 5.82 Å². The number of nitrogens with one attached hydrogen (secondary N) is 2.